The molecule has 0 amide bonds. The molecule has 0 heterocycles. The fourth-order valence-corrected chi connectivity index (χ4v) is 2.73. The van der Waals surface area contributed by atoms with Crippen molar-refractivity contribution in [3.8, 4) is 5.75 Å². The SMILES string of the molecule is CN=C(NCCCSC)NC(C)c1ccc(OCC2CC2)c(F)c1. The molecule has 1 aromatic carbocycles. The second kappa shape index (κ2) is 9.77. The fourth-order valence-electron chi connectivity index (χ4n) is 2.30. The van der Waals surface area contributed by atoms with Gasteiger partial charge in [0.2, 0.25) is 0 Å². The Kier molecular flexibility index (Phi) is 7.69. The monoisotopic (exact) mass is 353 g/mol. The molecular weight excluding hydrogens is 325 g/mol. The summed E-state index contributed by atoms with van der Waals surface area (Å²) in [6.07, 6.45) is 5.58. The van der Waals surface area contributed by atoms with Gasteiger partial charge in [0.15, 0.2) is 17.5 Å². The molecule has 6 heteroatoms. The van der Waals surface area contributed by atoms with Crippen molar-refractivity contribution in [1.82, 2.24) is 10.6 Å². The second-order valence-electron chi connectivity index (χ2n) is 6.16. The fraction of sp³-hybridized carbons (Fsp3) is 0.611. The number of nitrogens with one attached hydrogen (secondary N) is 2. The van der Waals surface area contributed by atoms with E-state index in [0.29, 0.717) is 18.3 Å². The highest BCUT2D eigenvalue weighted by atomic mass is 32.2. The number of aliphatic imine (C=N–C) groups is 1. The van der Waals surface area contributed by atoms with Crippen LogP contribution in [0.2, 0.25) is 0 Å². The molecule has 1 aromatic rings. The second-order valence-corrected chi connectivity index (χ2v) is 7.14. The minimum absolute atomic E-state index is 0.0382. The zero-order chi connectivity index (χ0) is 17.4. The first-order valence-corrected chi connectivity index (χ1v) is 9.91. The predicted octanol–water partition coefficient (Wildman–Crippen LogP) is 3.59. The normalized spacial score (nSPS) is 15.9. The molecule has 0 saturated heterocycles. The van der Waals surface area contributed by atoms with Crippen LogP contribution in [0, 0.1) is 11.7 Å². The average Bonchev–Trinajstić information content (AvgIpc) is 3.40. The van der Waals surface area contributed by atoms with Gasteiger partial charge < -0.3 is 15.4 Å². The standard InChI is InChI=1S/C18H28FN3OS/c1-13(22-18(20-2)21-9-4-10-24-3)15-7-8-17(16(19)11-15)23-12-14-5-6-14/h7-8,11,13-14H,4-6,9-10,12H2,1-3H3,(H2,20,21,22). The van der Waals surface area contributed by atoms with Gasteiger partial charge in [-0.1, -0.05) is 6.07 Å². The van der Waals surface area contributed by atoms with Crippen LogP contribution in [0.3, 0.4) is 0 Å². The zero-order valence-electron chi connectivity index (χ0n) is 14.8. The molecule has 24 heavy (non-hydrogen) atoms. The number of rotatable bonds is 9. The van der Waals surface area contributed by atoms with Crippen molar-refractivity contribution in [3.63, 3.8) is 0 Å². The Morgan fingerprint density at radius 2 is 2.25 bits per heavy atom. The lowest BCUT2D eigenvalue weighted by Crippen LogP contribution is -2.39. The third kappa shape index (κ3) is 6.23. The maximum absolute atomic E-state index is 14.2. The van der Waals surface area contributed by atoms with E-state index in [2.05, 4.69) is 21.9 Å². The molecule has 2 rings (SSSR count). The molecule has 2 N–H and O–H groups in total. The smallest absolute Gasteiger partial charge is 0.191 e. The van der Waals surface area contributed by atoms with Gasteiger partial charge in [-0.15, -0.1) is 0 Å². The molecule has 0 aliphatic heterocycles. The van der Waals surface area contributed by atoms with Crippen molar-refractivity contribution < 1.29 is 9.13 Å². The topological polar surface area (TPSA) is 45.7 Å². The highest BCUT2D eigenvalue weighted by Crippen LogP contribution is 2.30. The van der Waals surface area contributed by atoms with Gasteiger partial charge in [0.05, 0.1) is 12.6 Å². The summed E-state index contributed by atoms with van der Waals surface area (Å²) in [5, 5.41) is 6.57. The molecule has 0 spiro atoms. The van der Waals surface area contributed by atoms with E-state index in [1.54, 1.807) is 19.2 Å². The minimum Gasteiger partial charge on any atom is -0.490 e. The summed E-state index contributed by atoms with van der Waals surface area (Å²) in [5.74, 6) is 2.51. The van der Waals surface area contributed by atoms with Crippen LogP contribution in [0.15, 0.2) is 23.2 Å². The molecule has 0 bridgehead atoms. The van der Waals surface area contributed by atoms with Crippen molar-refractivity contribution in [3.05, 3.63) is 29.6 Å². The Labute approximate surface area is 148 Å². The third-order valence-corrected chi connectivity index (χ3v) is 4.72. The van der Waals surface area contributed by atoms with Crippen LogP contribution in [0.4, 0.5) is 4.39 Å². The molecule has 134 valence electrons. The van der Waals surface area contributed by atoms with Crippen molar-refractivity contribution in [2.24, 2.45) is 10.9 Å². The van der Waals surface area contributed by atoms with Gasteiger partial charge in [-0.3, -0.25) is 4.99 Å². The molecular formula is C18H28FN3OS. The molecule has 1 saturated carbocycles. The van der Waals surface area contributed by atoms with E-state index in [0.717, 1.165) is 30.2 Å². The number of halogens is 1. The maximum Gasteiger partial charge on any atom is 0.191 e. The quantitative estimate of drug-likeness (QED) is 0.405. The van der Waals surface area contributed by atoms with Crippen LogP contribution >= 0.6 is 11.8 Å². The number of guanidine groups is 1. The van der Waals surface area contributed by atoms with Crippen molar-refractivity contribution in [2.75, 3.05) is 32.2 Å². The van der Waals surface area contributed by atoms with Crippen LogP contribution in [-0.4, -0.2) is 38.2 Å². The van der Waals surface area contributed by atoms with Gasteiger partial charge in [-0.2, -0.15) is 11.8 Å². The summed E-state index contributed by atoms with van der Waals surface area (Å²) in [4.78, 5) is 4.22. The first kappa shape index (κ1) is 18.9. The first-order chi connectivity index (χ1) is 11.6. The zero-order valence-corrected chi connectivity index (χ0v) is 15.6. The summed E-state index contributed by atoms with van der Waals surface area (Å²) in [7, 11) is 1.74. The van der Waals surface area contributed by atoms with E-state index in [1.165, 1.54) is 12.8 Å². The lowest BCUT2D eigenvalue weighted by molar-refractivity contribution is 0.285. The van der Waals surface area contributed by atoms with Crippen molar-refractivity contribution >= 4 is 17.7 Å². The van der Waals surface area contributed by atoms with Gasteiger partial charge in [-0.25, -0.2) is 4.39 Å². The number of benzene rings is 1. The average molecular weight is 354 g/mol. The Morgan fingerprint density at radius 1 is 1.46 bits per heavy atom. The Hall–Kier alpha value is -1.43. The molecule has 1 atom stereocenters. The minimum atomic E-state index is -0.301. The number of thioether (sulfide) groups is 1. The Balaban J connectivity index is 1.85. The van der Waals surface area contributed by atoms with Crippen LogP contribution in [0.25, 0.3) is 0 Å². The molecule has 1 unspecified atom stereocenters. The summed E-state index contributed by atoms with van der Waals surface area (Å²) in [6, 6.07) is 5.13. The number of nitrogens with zero attached hydrogens (tertiary/aromatic N) is 1. The van der Waals surface area contributed by atoms with Crippen LogP contribution in [0.5, 0.6) is 5.75 Å². The summed E-state index contributed by atoms with van der Waals surface area (Å²) in [6.45, 7) is 3.49. The van der Waals surface area contributed by atoms with E-state index in [1.807, 2.05) is 24.8 Å². The molecule has 1 aliphatic rings. The maximum atomic E-state index is 14.2. The summed E-state index contributed by atoms with van der Waals surface area (Å²) < 4.78 is 19.7. The predicted molar refractivity (Wildman–Crippen MR) is 101 cm³/mol. The molecule has 1 fully saturated rings. The summed E-state index contributed by atoms with van der Waals surface area (Å²) in [5.41, 5.74) is 0.873. The van der Waals surface area contributed by atoms with E-state index in [4.69, 9.17) is 4.74 Å². The lowest BCUT2D eigenvalue weighted by Gasteiger charge is -2.19. The van der Waals surface area contributed by atoms with Gasteiger partial charge in [-0.05, 0) is 61.8 Å². The number of ether oxygens (including phenoxy) is 1. The van der Waals surface area contributed by atoms with Crippen molar-refractivity contribution in [1.29, 1.82) is 0 Å². The molecule has 0 radical (unpaired) electrons. The summed E-state index contributed by atoms with van der Waals surface area (Å²) >= 11 is 1.83. The molecule has 4 nitrogen and oxygen atoms in total. The largest absolute Gasteiger partial charge is 0.490 e. The van der Waals surface area contributed by atoms with E-state index < -0.39 is 0 Å². The van der Waals surface area contributed by atoms with E-state index >= 15 is 0 Å². The highest BCUT2D eigenvalue weighted by Gasteiger charge is 2.22. The number of hydrogen-bond donors (Lipinski definition) is 2. The van der Waals surface area contributed by atoms with Gasteiger partial charge >= 0.3 is 0 Å². The van der Waals surface area contributed by atoms with Crippen LogP contribution < -0.4 is 15.4 Å². The van der Waals surface area contributed by atoms with Crippen LogP contribution in [-0.2, 0) is 0 Å². The van der Waals surface area contributed by atoms with E-state index in [-0.39, 0.29) is 11.9 Å². The molecule has 0 aromatic heterocycles. The van der Waals surface area contributed by atoms with Gasteiger partial charge in [0, 0.05) is 13.6 Å². The first-order valence-electron chi connectivity index (χ1n) is 8.52. The lowest BCUT2D eigenvalue weighted by atomic mass is 10.1. The van der Waals surface area contributed by atoms with Crippen molar-refractivity contribution in [2.45, 2.75) is 32.2 Å². The third-order valence-electron chi connectivity index (χ3n) is 4.02. The van der Waals surface area contributed by atoms with Gasteiger partial charge in [0.1, 0.15) is 0 Å². The molecule has 1 aliphatic carbocycles. The van der Waals surface area contributed by atoms with Gasteiger partial charge in [0.25, 0.3) is 0 Å². The Morgan fingerprint density at radius 3 is 2.88 bits per heavy atom. The van der Waals surface area contributed by atoms with E-state index in [9.17, 15) is 4.39 Å². The number of hydrogen-bond acceptors (Lipinski definition) is 3. The highest BCUT2D eigenvalue weighted by molar-refractivity contribution is 7.98. The van der Waals surface area contributed by atoms with Crippen LogP contribution in [0.1, 0.15) is 37.8 Å². The Bertz CT molecular complexity index is 549.